The van der Waals surface area contributed by atoms with Crippen molar-refractivity contribution in [1.82, 2.24) is 14.8 Å². The summed E-state index contributed by atoms with van der Waals surface area (Å²) in [6, 6.07) is 13.5. The lowest BCUT2D eigenvalue weighted by atomic mass is 10.1. The molecule has 0 aliphatic heterocycles. The summed E-state index contributed by atoms with van der Waals surface area (Å²) in [6.07, 6.45) is 1.43. The van der Waals surface area contributed by atoms with Gasteiger partial charge in [-0.2, -0.15) is 10.1 Å². The van der Waals surface area contributed by atoms with Gasteiger partial charge in [0.1, 0.15) is 12.3 Å². The third kappa shape index (κ3) is 4.47. The van der Waals surface area contributed by atoms with E-state index in [9.17, 15) is 14.4 Å². The average Bonchev–Trinajstić information content (AvgIpc) is 2.70. The highest BCUT2D eigenvalue weighted by Gasteiger charge is 2.09. The average molecular weight is 378 g/mol. The van der Waals surface area contributed by atoms with Crippen LogP contribution in [0.15, 0.2) is 59.5 Å². The Kier molecular flexibility index (Phi) is 5.59. The predicted octanol–water partition coefficient (Wildman–Crippen LogP) is 2.16. The van der Waals surface area contributed by atoms with E-state index in [2.05, 4.69) is 15.4 Å². The van der Waals surface area contributed by atoms with E-state index in [4.69, 9.17) is 4.74 Å². The second kappa shape index (κ2) is 8.26. The van der Waals surface area contributed by atoms with Gasteiger partial charge < -0.3 is 10.1 Å². The van der Waals surface area contributed by atoms with Crippen LogP contribution in [0.4, 0.5) is 5.69 Å². The number of nitrogens with zero attached hydrogens (tertiary/aromatic N) is 3. The van der Waals surface area contributed by atoms with E-state index in [1.54, 1.807) is 55.6 Å². The fourth-order valence-electron chi connectivity index (χ4n) is 2.50. The Morgan fingerprint density at radius 1 is 1.07 bits per heavy atom. The second-order valence-corrected chi connectivity index (χ2v) is 5.99. The number of nitrogens with one attached hydrogen (secondary N) is 1. The van der Waals surface area contributed by atoms with Gasteiger partial charge in [-0.05, 0) is 55.5 Å². The van der Waals surface area contributed by atoms with Crippen molar-refractivity contribution in [3.05, 3.63) is 70.8 Å². The number of carbonyl (C=O) groups is 2. The Labute approximate surface area is 160 Å². The van der Waals surface area contributed by atoms with Crippen molar-refractivity contribution in [2.45, 2.75) is 13.5 Å². The van der Waals surface area contributed by atoms with Crippen molar-refractivity contribution in [2.75, 3.05) is 12.4 Å². The van der Waals surface area contributed by atoms with Crippen molar-refractivity contribution >= 4 is 17.4 Å². The maximum absolute atomic E-state index is 12.2. The van der Waals surface area contributed by atoms with Gasteiger partial charge >= 0.3 is 5.69 Å². The second-order valence-electron chi connectivity index (χ2n) is 5.99. The molecule has 3 aromatic rings. The van der Waals surface area contributed by atoms with Crippen LogP contribution in [0.2, 0.25) is 0 Å². The SMILES string of the molecule is COc1ccc(-c2cnn(CC(=O)Nc3ccc(C(C)=O)cc3)c(=O)n2)cc1. The Bertz CT molecular complexity index is 1060. The molecule has 142 valence electrons. The number of carbonyl (C=O) groups excluding carboxylic acids is 2. The van der Waals surface area contributed by atoms with E-state index in [0.29, 0.717) is 28.3 Å². The summed E-state index contributed by atoms with van der Waals surface area (Å²) < 4.78 is 6.07. The molecule has 0 saturated carbocycles. The summed E-state index contributed by atoms with van der Waals surface area (Å²) in [6.45, 7) is 1.19. The fraction of sp³-hybridized carbons (Fsp3) is 0.150. The molecular formula is C20H18N4O4. The van der Waals surface area contributed by atoms with E-state index < -0.39 is 11.6 Å². The fourth-order valence-corrected chi connectivity index (χ4v) is 2.50. The van der Waals surface area contributed by atoms with Crippen LogP contribution in [0.25, 0.3) is 11.3 Å². The molecule has 0 fully saturated rings. The number of benzene rings is 2. The van der Waals surface area contributed by atoms with Gasteiger partial charge in [0, 0.05) is 16.8 Å². The number of hydrogen-bond donors (Lipinski definition) is 1. The van der Waals surface area contributed by atoms with Gasteiger partial charge in [-0.15, -0.1) is 0 Å². The molecule has 0 saturated heterocycles. The molecule has 1 N–H and O–H groups in total. The monoisotopic (exact) mass is 378 g/mol. The smallest absolute Gasteiger partial charge is 0.365 e. The maximum atomic E-state index is 12.2. The summed E-state index contributed by atoms with van der Waals surface area (Å²) in [4.78, 5) is 39.6. The van der Waals surface area contributed by atoms with Crippen LogP contribution in [0.1, 0.15) is 17.3 Å². The van der Waals surface area contributed by atoms with E-state index in [0.717, 1.165) is 4.68 Å². The summed E-state index contributed by atoms with van der Waals surface area (Å²) in [5.41, 5.74) is 1.56. The molecule has 0 aliphatic rings. The molecule has 8 nitrogen and oxygen atoms in total. The molecule has 1 aromatic heterocycles. The zero-order valence-corrected chi connectivity index (χ0v) is 15.4. The minimum absolute atomic E-state index is 0.0587. The molecular weight excluding hydrogens is 360 g/mol. The van der Waals surface area contributed by atoms with Crippen LogP contribution >= 0.6 is 0 Å². The van der Waals surface area contributed by atoms with Gasteiger partial charge in [0.15, 0.2) is 5.78 Å². The van der Waals surface area contributed by atoms with Crippen molar-refractivity contribution < 1.29 is 14.3 Å². The van der Waals surface area contributed by atoms with Crippen molar-refractivity contribution in [1.29, 1.82) is 0 Å². The van der Waals surface area contributed by atoms with Crippen LogP contribution in [-0.4, -0.2) is 33.6 Å². The van der Waals surface area contributed by atoms with E-state index in [-0.39, 0.29) is 12.3 Å². The summed E-state index contributed by atoms with van der Waals surface area (Å²) >= 11 is 0. The highest BCUT2D eigenvalue weighted by molar-refractivity contribution is 5.95. The van der Waals surface area contributed by atoms with Gasteiger partial charge in [0.2, 0.25) is 5.91 Å². The van der Waals surface area contributed by atoms with Crippen LogP contribution < -0.4 is 15.7 Å². The van der Waals surface area contributed by atoms with E-state index >= 15 is 0 Å². The minimum Gasteiger partial charge on any atom is -0.497 e. The zero-order chi connectivity index (χ0) is 20.1. The van der Waals surface area contributed by atoms with Crippen LogP contribution in [0.5, 0.6) is 5.75 Å². The minimum atomic E-state index is -0.629. The number of rotatable bonds is 6. The zero-order valence-electron chi connectivity index (χ0n) is 15.4. The number of anilines is 1. The molecule has 1 heterocycles. The molecule has 0 unspecified atom stereocenters. The first kappa shape index (κ1) is 19.0. The summed E-state index contributed by atoms with van der Waals surface area (Å²) in [5, 5.41) is 6.67. The maximum Gasteiger partial charge on any atom is 0.365 e. The topological polar surface area (TPSA) is 103 Å². The van der Waals surface area contributed by atoms with Gasteiger partial charge in [0.05, 0.1) is 19.0 Å². The molecule has 0 aliphatic carbocycles. The number of ether oxygens (including phenoxy) is 1. The summed E-state index contributed by atoms with van der Waals surface area (Å²) in [5.74, 6) is 0.207. The predicted molar refractivity (Wildman–Crippen MR) is 103 cm³/mol. The third-order valence-corrected chi connectivity index (χ3v) is 4.01. The van der Waals surface area contributed by atoms with Crippen molar-refractivity contribution in [3.8, 4) is 17.0 Å². The standard InChI is InChI=1S/C20H18N4O4/c1-13(25)14-3-7-16(8-4-14)22-19(26)12-24-20(27)23-18(11-21-24)15-5-9-17(28-2)10-6-15/h3-11H,12H2,1-2H3,(H,22,26). The van der Waals surface area contributed by atoms with Crippen LogP contribution in [-0.2, 0) is 11.3 Å². The molecule has 0 atom stereocenters. The molecule has 0 radical (unpaired) electrons. The largest absolute Gasteiger partial charge is 0.497 e. The normalized spacial score (nSPS) is 10.4. The number of methoxy groups -OCH3 is 1. The molecule has 0 spiro atoms. The molecule has 3 rings (SSSR count). The van der Waals surface area contributed by atoms with Crippen LogP contribution in [0, 0.1) is 0 Å². The van der Waals surface area contributed by atoms with Gasteiger partial charge in [-0.3, -0.25) is 9.59 Å². The molecule has 0 bridgehead atoms. The lowest BCUT2D eigenvalue weighted by molar-refractivity contribution is -0.117. The molecule has 8 heteroatoms. The van der Waals surface area contributed by atoms with E-state index in [1.165, 1.54) is 13.1 Å². The number of hydrogen-bond acceptors (Lipinski definition) is 6. The number of ketones is 1. The first-order chi connectivity index (χ1) is 13.5. The highest BCUT2D eigenvalue weighted by Crippen LogP contribution is 2.18. The summed E-state index contributed by atoms with van der Waals surface area (Å²) in [7, 11) is 1.57. The first-order valence-electron chi connectivity index (χ1n) is 8.45. The number of Topliss-reactive ketones (excluding diaryl/α,β-unsaturated/α-hetero) is 1. The third-order valence-electron chi connectivity index (χ3n) is 4.01. The quantitative estimate of drug-likeness (QED) is 0.659. The molecule has 1 amide bonds. The first-order valence-corrected chi connectivity index (χ1v) is 8.45. The van der Waals surface area contributed by atoms with Crippen molar-refractivity contribution in [2.24, 2.45) is 0 Å². The Hall–Kier alpha value is -3.81. The number of amides is 1. The highest BCUT2D eigenvalue weighted by atomic mass is 16.5. The lowest BCUT2D eigenvalue weighted by Gasteiger charge is -2.08. The lowest BCUT2D eigenvalue weighted by Crippen LogP contribution is -2.31. The van der Waals surface area contributed by atoms with Gasteiger partial charge in [0.25, 0.3) is 0 Å². The molecule has 2 aromatic carbocycles. The van der Waals surface area contributed by atoms with Gasteiger partial charge in [-0.25, -0.2) is 9.48 Å². The van der Waals surface area contributed by atoms with E-state index in [1.807, 2.05) is 0 Å². The van der Waals surface area contributed by atoms with Gasteiger partial charge in [-0.1, -0.05) is 0 Å². The Balaban J connectivity index is 1.69. The molecule has 28 heavy (non-hydrogen) atoms. The Morgan fingerprint density at radius 3 is 2.32 bits per heavy atom. The van der Waals surface area contributed by atoms with Crippen LogP contribution in [0.3, 0.4) is 0 Å². The Morgan fingerprint density at radius 2 is 1.75 bits per heavy atom. The number of aromatic nitrogens is 3. The van der Waals surface area contributed by atoms with Crippen molar-refractivity contribution in [3.63, 3.8) is 0 Å².